The summed E-state index contributed by atoms with van der Waals surface area (Å²) in [6.07, 6.45) is 0. The fourth-order valence-corrected chi connectivity index (χ4v) is 2.28. The Morgan fingerprint density at radius 3 is 2.48 bits per heavy atom. The van der Waals surface area contributed by atoms with Gasteiger partial charge in [0.15, 0.2) is 0 Å². The molecule has 0 aliphatic heterocycles. The number of anilines is 2. The van der Waals surface area contributed by atoms with E-state index in [0.29, 0.717) is 11.5 Å². The minimum Gasteiger partial charge on any atom is -0.383 e. The average molecular weight is 277 g/mol. The molecule has 2 N–H and O–H groups in total. The van der Waals surface area contributed by atoms with E-state index in [9.17, 15) is 4.79 Å². The molecule has 0 saturated heterocycles. The number of nitrogens with zero attached hydrogens (tertiary/aromatic N) is 2. The van der Waals surface area contributed by atoms with Gasteiger partial charge >= 0.3 is 0 Å². The Bertz CT molecular complexity index is 799. The van der Waals surface area contributed by atoms with Crippen LogP contribution in [-0.4, -0.2) is 17.9 Å². The first-order valence-electron chi connectivity index (χ1n) is 6.65. The molecule has 0 fully saturated rings. The van der Waals surface area contributed by atoms with E-state index in [1.54, 1.807) is 18.0 Å². The van der Waals surface area contributed by atoms with Crippen LogP contribution in [0.25, 0.3) is 10.8 Å². The van der Waals surface area contributed by atoms with E-state index in [-0.39, 0.29) is 5.91 Å². The third-order valence-electron chi connectivity index (χ3n) is 3.44. The molecule has 0 atom stereocenters. The highest BCUT2D eigenvalue weighted by atomic mass is 16.2. The van der Waals surface area contributed by atoms with E-state index in [1.165, 1.54) is 0 Å². The Morgan fingerprint density at radius 1 is 1.05 bits per heavy atom. The number of nitrogen functional groups attached to an aromatic ring is 1. The maximum atomic E-state index is 12.5. The number of hydrogen-bond donors (Lipinski definition) is 1. The average Bonchev–Trinajstić information content (AvgIpc) is 2.54. The lowest BCUT2D eigenvalue weighted by atomic mass is 10.1. The lowest BCUT2D eigenvalue weighted by molar-refractivity contribution is 0.0988. The Morgan fingerprint density at radius 2 is 1.71 bits per heavy atom. The van der Waals surface area contributed by atoms with Crippen LogP contribution in [-0.2, 0) is 0 Å². The number of carbonyl (C=O) groups is 1. The van der Waals surface area contributed by atoms with Crippen LogP contribution in [0, 0.1) is 0 Å². The van der Waals surface area contributed by atoms with Gasteiger partial charge in [0.05, 0.1) is 0 Å². The van der Waals surface area contributed by atoms with Gasteiger partial charge in [0.25, 0.3) is 5.91 Å². The molecule has 0 saturated carbocycles. The first-order valence-corrected chi connectivity index (χ1v) is 6.65. The second-order valence-electron chi connectivity index (χ2n) is 4.81. The summed E-state index contributed by atoms with van der Waals surface area (Å²) in [4.78, 5) is 18.3. The number of carbonyl (C=O) groups excluding carboxylic acids is 1. The van der Waals surface area contributed by atoms with Crippen molar-refractivity contribution in [2.24, 2.45) is 0 Å². The van der Waals surface area contributed by atoms with E-state index >= 15 is 0 Å². The van der Waals surface area contributed by atoms with Crippen molar-refractivity contribution in [3.8, 4) is 0 Å². The van der Waals surface area contributed by atoms with Crippen molar-refractivity contribution in [3.63, 3.8) is 0 Å². The van der Waals surface area contributed by atoms with Gasteiger partial charge in [-0.25, -0.2) is 4.98 Å². The summed E-state index contributed by atoms with van der Waals surface area (Å²) in [6.45, 7) is 0. The van der Waals surface area contributed by atoms with Crippen molar-refractivity contribution in [3.05, 3.63) is 66.4 Å². The molecule has 2 aromatic carbocycles. The maximum Gasteiger partial charge on any atom is 0.276 e. The van der Waals surface area contributed by atoms with Crippen molar-refractivity contribution in [2.75, 3.05) is 17.7 Å². The summed E-state index contributed by atoms with van der Waals surface area (Å²) >= 11 is 0. The van der Waals surface area contributed by atoms with E-state index in [4.69, 9.17) is 5.73 Å². The zero-order chi connectivity index (χ0) is 14.8. The smallest absolute Gasteiger partial charge is 0.276 e. The fourth-order valence-electron chi connectivity index (χ4n) is 2.28. The molecule has 1 aromatic heterocycles. The molecule has 1 amide bonds. The molecule has 3 aromatic rings. The number of fused-ring (bicyclic) bond motifs is 1. The lowest BCUT2D eigenvalue weighted by Crippen LogP contribution is -2.27. The molecular weight excluding hydrogens is 262 g/mol. The summed E-state index contributed by atoms with van der Waals surface area (Å²) in [5, 5.41) is 1.77. The number of hydrogen-bond acceptors (Lipinski definition) is 3. The molecule has 1 heterocycles. The van der Waals surface area contributed by atoms with Gasteiger partial charge in [-0.05, 0) is 23.6 Å². The number of amides is 1. The van der Waals surface area contributed by atoms with E-state index in [2.05, 4.69) is 4.98 Å². The van der Waals surface area contributed by atoms with Crippen molar-refractivity contribution in [1.29, 1.82) is 0 Å². The maximum absolute atomic E-state index is 12.5. The van der Waals surface area contributed by atoms with E-state index < -0.39 is 0 Å². The van der Waals surface area contributed by atoms with Gasteiger partial charge in [-0.3, -0.25) is 4.79 Å². The zero-order valence-electron chi connectivity index (χ0n) is 11.7. The van der Waals surface area contributed by atoms with E-state index in [1.807, 2.05) is 54.6 Å². The molecule has 104 valence electrons. The monoisotopic (exact) mass is 277 g/mol. The first-order chi connectivity index (χ1) is 10.2. The third kappa shape index (κ3) is 2.43. The van der Waals surface area contributed by atoms with Gasteiger partial charge in [0.2, 0.25) is 0 Å². The number of para-hydroxylation sites is 1. The van der Waals surface area contributed by atoms with Crippen molar-refractivity contribution >= 4 is 28.2 Å². The van der Waals surface area contributed by atoms with Crippen LogP contribution in [0.15, 0.2) is 60.7 Å². The first kappa shape index (κ1) is 13.1. The molecule has 4 heteroatoms. The number of rotatable bonds is 2. The highest BCUT2D eigenvalue weighted by molar-refractivity contribution is 6.07. The van der Waals surface area contributed by atoms with Gasteiger partial charge in [-0.15, -0.1) is 0 Å². The number of benzene rings is 2. The Kier molecular flexibility index (Phi) is 3.28. The lowest BCUT2D eigenvalue weighted by Gasteiger charge is -2.17. The molecule has 0 aliphatic rings. The Hall–Kier alpha value is -2.88. The van der Waals surface area contributed by atoms with Crippen LogP contribution in [0.4, 0.5) is 11.5 Å². The van der Waals surface area contributed by atoms with E-state index in [0.717, 1.165) is 16.5 Å². The zero-order valence-corrected chi connectivity index (χ0v) is 11.7. The van der Waals surface area contributed by atoms with Gasteiger partial charge in [0.1, 0.15) is 11.5 Å². The molecule has 0 aliphatic carbocycles. The third-order valence-corrected chi connectivity index (χ3v) is 3.44. The molecule has 0 spiro atoms. The number of aromatic nitrogens is 1. The molecule has 0 bridgehead atoms. The minimum atomic E-state index is -0.182. The number of nitrogens with two attached hydrogens (primary N) is 1. The SMILES string of the molecule is CN(C(=O)c1cc2ccccc2c(N)n1)c1ccccc1. The van der Waals surface area contributed by atoms with Crippen LogP contribution in [0.2, 0.25) is 0 Å². The highest BCUT2D eigenvalue weighted by Crippen LogP contribution is 2.22. The molecule has 0 unspecified atom stereocenters. The summed E-state index contributed by atoms with van der Waals surface area (Å²) in [5.74, 6) is 0.191. The van der Waals surface area contributed by atoms with Crippen LogP contribution in [0.1, 0.15) is 10.5 Å². The summed E-state index contributed by atoms with van der Waals surface area (Å²) in [7, 11) is 1.73. The van der Waals surface area contributed by atoms with Crippen molar-refractivity contribution in [1.82, 2.24) is 4.98 Å². The summed E-state index contributed by atoms with van der Waals surface area (Å²) in [5.41, 5.74) is 7.11. The fraction of sp³-hybridized carbons (Fsp3) is 0.0588. The van der Waals surface area contributed by atoms with Gasteiger partial charge in [-0.1, -0.05) is 42.5 Å². The molecule has 4 nitrogen and oxygen atoms in total. The predicted molar refractivity (Wildman–Crippen MR) is 85.3 cm³/mol. The topological polar surface area (TPSA) is 59.2 Å². The molecule has 0 radical (unpaired) electrons. The Labute approximate surface area is 122 Å². The second-order valence-corrected chi connectivity index (χ2v) is 4.81. The predicted octanol–water partition coefficient (Wildman–Crippen LogP) is 3.09. The quantitative estimate of drug-likeness (QED) is 0.783. The largest absolute Gasteiger partial charge is 0.383 e. The molecule has 21 heavy (non-hydrogen) atoms. The van der Waals surface area contributed by atoms with Crippen molar-refractivity contribution in [2.45, 2.75) is 0 Å². The van der Waals surface area contributed by atoms with Crippen molar-refractivity contribution < 1.29 is 4.79 Å². The molecule has 3 rings (SSSR count). The minimum absolute atomic E-state index is 0.182. The van der Waals surface area contributed by atoms with Gasteiger partial charge < -0.3 is 10.6 Å². The normalized spacial score (nSPS) is 10.5. The van der Waals surface area contributed by atoms with Crippen LogP contribution < -0.4 is 10.6 Å². The Balaban J connectivity index is 2.02. The van der Waals surface area contributed by atoms with Crippen LogP contribution >= 0.6 is 0 Å². The standard InChI is InChI=1S/C17H15N3O/c1-20(13-8-3-2-4-9-13)17(21)15-11-12-7-5-6-10-14(12)16(18)19-15/h2-11H,1H3,(H2,18,19). The van der Waals surface area contributed by atoms with Crippen LogP contribution in [0.5, 0.6) is 0 Å². The number of pyridine rings is 1. The van der Waals surface area contributed by atoms with Gasteiger partial charge in [-0.2, -0.15) is 0 Å². The second kappa shape index (κ2) is 5.25. The van der Waals surface area contributed by atoms with Gasteiger partial charge in [0, 0.05) is 18.1 Å². The molecular formula is C17H15N3O. The highest BCUT2D eigenvalue weighted by Gasteiger charge is 2.16. The van der Waals surface area contributed by atoms with Crippen LogP contribution in [0.3, 0.4) is 0 Å². The summed E-state index contributed by atoms with van der Waals surface area (Å²) in [6, 6.07) is 18.9. The summed E-state index contributed by atoms with van der Waals surface area (Å²) < 4.78 is 0.